The van der Waals surface area contributed by atoms with Crippen LogP contribution in [-0.2, 0) is 17.8 Å². The molecule has 8 heteroatoms. The van der Waals surface area contributed by atoms with Crippen LogP contribution in [0.5, 0.6) is 5.75 Å². The van der Waals surface area contributed by atoms with Crippen LogP contribution in [0.2, 0.25) is 0 Å². The van der Waals surface area contributed by atoms with Gasteiger partial charge in [0.2, 0.25) is 0 Å². The lowest BCUT2D eigenvalue weighted by Gasteiger charge is -2.07. The van der Waals surface area contributed by atoms with Crippen LogP contribution in [0.1, 0.15) is 16.8 Å². The quantitative estimate of drug-likeness (QED) is 0.445. The third-order valence-electron chi connectivity index (χ3n) is 1.76. The molecule has 0 aliphatic heterocycles. The van der Waals surface area contributed by atoms with Crippen molar-refractivity contribution in [2.45, 2.75) is 20.1 Å². The summed E-state index contributed by atoms with van der Waals surface area (Å²) in [6.45, 7) is 1.12. The molecule has 0 atom stereocenters. The zero-order valence-corrected chi connectivity index (χ0v) is 9.58. The highest BCUT2D eigenvalue weighted by Crippen LogP contribution is 2.23. The molecule has 1 aromatic heterocycles. The summed E-state index contributed by atoms with van der Waals surface area (Å²) in [4.78, 5) is 18.2. The summed E-state index contributed by atoms with van der Waals surface area (Å²) in [6, 6.07) is 0. The fourth-order valence-electron chi connectivity index (χ4n) is 0.997. The molecule has 16 heavy (non-hydrogen) atoms. The van der Waals surface area contributed by atoms with Crippen molar-refractivity contribution in [1.29, 1.82) is 0 Å². The van der Waals surface area contributed by atoms with E-state index in [9.17, 15) is 5.11 Å². The fraction of sp³-hybridized carbons (Fsp3) is 0.375. The molecule has 0 spiro atoms. The van der Waals surface area contributed by atoms with Gasteiger partial charge in [-0.15, -0.1) is 0 Å². The number of hydrogen-bond donors (Lipinski definition) is 5. The zero-order valence-electron chi connectivity index (χ0n) is 8.58. The van der Waals surface area contributed by atoms with Crippen LogP contribution in [0.25, 0.3) is 0 Å². The monoisotopic (exact) mass is 251 g/mol. The lowest BCUT2D eigenvalue weighted by molar-refractivity contribution is 0.254. The molecular formula is C8H14NO6P. The molecule has 0 bridgehead atoms. The second-order valence-corrected chi connectivity index (χ2v) is 3.36. The van der Waals surface area contributed by atoms with Crippen LogP contribution in [0.15, 0.2) is 6.20 Å². The van der Waals surface area contributed by atoms with Gasteiger partial charge in [0.05, 0.1) is 18.9 Å². The predicted octanol–water partition coefficient (Wildman–Crippen LogP) is -0.559. The minimum Gasteiger partial charge on any atom is -0.506 e. The average Bonchev–Trinajstić information content (AvgIpc) is 2.21. The van der Waals surface area contributed by atoms with E-state index in [1.165, 1.54) is 6.20 Å². The molecule has 0 fully saturated rings. The molecule has 1 aromatic rings. The number of aliphatic hydroxyl groups is 2. The number of aliphatic hydroxyl groups excluding tert-OH is 2. The molecular weight excluding hydrogens is 237 g/mol. The number of pyridine rings is 1. The Labute approximate surface area is 92.6 Å². The molecule has 1 heterocycles. The van der Waals surface area contributed by atoms with Gasteiger partial charge in [-0.1, -0.05) is 0 Å². The molecule has 5 N–H and O–H groups in total. The van der Waals surface area contributed by atoms with E-state index in [0.29, 0.717) is 16.8 Å². The molecule has 0 saturated heterocycles. The van der Waals surface area contributed by atoms with Gasteiger partial charge in [0.25, 0.3) is 0 Å². The number of nitrogens with zero attached hydrogens (tertiary/aromatic N) is 1. The summed E-state index contributed by atoms with van der Waals surface area (Å²) < 4.78 is 8.74. The molecule has 0 aliphatic rings. The molecule has 0 aromatic carbocycles. The van der Waals surface area contributed by atoms with Gasteiger partial charge in [-0.05, 0) is 6.92 Å². The number of rotatable bonds is 2. The Bertz CT molecular complexity index is 366. The van der Waals surface area contributed by atoms with Gasteiger partial charge in [-0.3, -0.25) is 9.55 Å². The van der Waals surface area contributed by atoms with E-state index in [4.69, 9.17) is 24.6 Å². The Hall–Kier alpha value is -0.980. The summed E-state index contributed by atoms with van der Waals surface area (Å²) in [6.07, 6.45) is 1.45. The molecule has 1 rings (SSSR count). The fourth-order valence-corrected chi connectivity index (χ4v) is 0.997. The molecule has 0 aliphatic carbocycles. The van der Waals surface area contributed by atoms with Crippen LogP contribution >= 0.6 is 8.25 Å². The molecule has 0 unspecified atom stereocenters. The Morgan fingerprint density at radius 3 is 2.19 bits per heavy atom. The normalized spacial score (nSPS) is 9.88. The maximum atomic E-state index is 9.38. The zero-order chi connectivity index (χ0) is 12.7. The van der Waals surface area contributed by atoms with Crippen LogP contribution < -0.4 is 0 Å². The van der Waals surface area contributed by atoms with Crippen molar-refractivity contribution in [3.05, 3.63) is 23.0 Å². The number of aryl methyl sites for hydroxylation is 1. The maximum absolute atomic E-state index is 9.38. The molecule has 92 valence electrons. The lowest BCUT2D eigenvalue weighted by Crippen LogP contribution is -1.98. The van der Waals surface area contributed by atoms with Gasteiger partial charge >= 0.3 is 8.25 Å². The van der Waals surface area contributed by atoms with E-state index in [2.05, 4.69) is 4.98 Å². The SMILES string of the molecule is Cc1ncc(CO)c(CO)c1O.O=[PH](O)O. The van der Waals surface area contributed by atoms with Crippen LogP contribution in [0.4, 0.5) is 0 Å². The second kappa shape index (κ2) is 7.32. The topological polar surface area (TPSA) is 131 Å². The van der Waals surface area contributed by atoms with Gasteiger partial charge in [0.15, 0.2) is 0 Å². The molecule has 7 nitrogen and oxygen atoms in total. The standard InChI is InChI=1S/C8H11NO3.H3O3P/c1-5-8(12)7(4-11)6(3-10)2-9-5;1-4(2)3/h2,10-12H,3-4H2,1H3;4H,(H2,1,2,3). The summed E-state index contributed by atoms with van der Waals surface area (Å²) >= 11 is 0. The van der Waals surface area contributed by atoms with E-state index in [0.717, 1.165) is 0 Å². The number of aromatic hydroxyl groups is 1. The molecule has 0 amide bonds. The van der Waals surface area contributed by atoms with Gasteiger partial charge < -0.3 is 25.1 Å². The maximum Gasteiger partial charge on any atom is 0.314 e. The van der Waals surface area contributed by atoms with Crippen molar-refractivity contribution in [2.24, 2.45) is 0 Å². The van der Waals surface area contributed by atoms with Crippen LogP contribution in [0.3, 0.4) is 0 Å². The first-order chi connectivity index (χ1) is 7.43. The first kappa shape index (κ1) is 15.0. The largest absolute Gasteiger partial charge is 0.506 e. The Balaban J connectivity index is 0.000000487. The van der Waals surface area contributed by atoms with Crippen molar-refractivity contribution in [3.63, 3.8) is 0 Å². The molecule has 0 radical (unpaired) electrons. The van der Waals surface area contributed by atoms with E-state index in [1.54, 1.807) is 6.92 Å². The average molecular weight is 251 g/mol. The Morgan fingerprint density at radius 2 is 1.81 bits per heavy atom. The van der Waals surface area contributed by atoms with Gasteiger partial charge in [0.1, 0.15) is 5.75 Å². The summed E-state index contributed by atoms with van der Waals surface area (Å²) in [7, 11) is -3.13. The third kappa shape index (κ3) is 4.69. The van der Waals surface area contributed by atoms with Crippen molar-refractivity contribution in [3.8, 4) is 5.75 Å². The van der Waals surface area contributed by atoms with Crippen molar-refractivity contribution < 1.29 is 29.7 Å². The van der Waals surface area contributed by atoms with Crippen molar-refractivity contribution in [2.75, 3.05) is 0 Å². The minimum absolute atomic E-state index is 0.0379. The third-order valence-corrected chi connectivity index (χ3v) is 1.76. The van der Waals surface area contributed by atoms with Gasteiger partial charge in [-0.25, -0.2) is 0 Å². The summed E-state index contributed by atoms with van der Waals surface area (Å²) in [5.74, 6) is -0.0379. The Kier molecular flexibility index (Phi) is 6.87. The first-order valence-electron chi connectivity index (χ1n) is 4.23. The minimum atomic E-state index is -3.13. The van der Waals surface area contributed by atoms with E-state index in [1.807, 2.05) is 0 Å². The highest BCUT2D eigenvalue weighted by Gasteiger charge is 2.09. The first-order valence-corrected chi connectivity index (χ1v) is 5.54. The molecule has 0 saturated carbocycles. The lowest BCUT2D eigenvalue weighted by atomic mass is 10.1. The van der Waals surface area contributed by atoms with Gasteiger partial charge in [0, 0.05) is 17.3 Å². The predicted molar refractivity (Wildman–Crippen MR) is 55.9 cm³/mol. The van der Waals surface area contributed by atoms with E-state index >= 15 is 0 Å². The number of aromatic nitrogens is 1. The van der Waals surface area contributed by atoms with Crippen molar-refractivity contribution >= 4 is 8.25 Å². The second-order valence-electron chi connectivity index (χ2n) is 2.79. The van der Waals surface area contributed by atoms with E-state index < -0.39 is 8.25 Å². The van der Waals surface area contributed by atoms with E-state index in [-0.39, 0.29) is 19.0 Å². The summed E-state index contributed by atoms with van der Waals surface area (Å²) in [5, 5.41) is 27.0. The Morgan fingerprint density at radius 1 is 1.31 bits per heavy atom. The highest BCUT2D eigenvalue weighted by molar-refractivity contribution is 7.30. The van der Waals surface area contributed by atoms with Crippen LogP contribution in [-0.4, -0.2) is 30.1 Å². The highest BCUT2D eigenvalue weighted by atomic mass is 31.1. The van der Waals surface area contributed by atoms with Crippen LogP contribution in [0, 0.1) is 6.92 Å². The van der Waals surface area contributed by atoms with Crippen molar-refractivity contribution in [1.82, 2.24) is 4.98 Å². The number of hydrogen-bond acceptors (Lipinski definition) is 5. The summed E-state index contributed by atoms with van der Waals surface area (Å²) in [5.41, 5.74) is 1.27. The van der Waals surface area contributed by atoms with Gasteiger partial charge in [-0.2, -0.15) is 0 Å². The smallest absolute Gasteiger partial charge is 0.314 e.